The van der Waals surface area contributed by atoms with Crippen molar-refractivity contribution in [3.63, 3.8) is 0 Å². The topological polar surface area (TPSA) is 79.3 Å². The Morgan fingerprint density at radius 2 is 2.17 bits per heavy atom. The van der Waals surface area contributed by atoms with Crippen LogP contribution < -0.4 is 5.32 Å². The summed E-state index contributed by atoms with van der Waals surface area (Å²) in [5.41, 5.74) is 0.297. The number of hydrogen-bond acceptors (Lipinski definition) is 4. The van der Waals surface area contributed by atoms with E-state index in [1.165, 1.54) is 11.3 Å². The largest absolute Gasteiger partial charge is 0.480 e. The van der Waals surface area contributed by atoms with Crippen LogP contribution in [0.25, 0.3) is 0 Å². The summed E-state index contributed by atoms with van der Waals surface area (Å²) in [7, 11) is 0. The summed E-state index contributed by atoms with van der Waals surface area (Å²) in [5, 5.41) is 14.0. The Morgan fingerprint density at radius 3 is 2.61 bits per heavy atom. The van der Waals surface area contributed by atoms with Gasteiger partial charge in [-0.15, -0.1) is 11.3 Å². The highest BCUT2D eigenvalue weighted by Gasteiger charge is 2.21. The molecule has 18 heavy (non-hydrogen) atoms. The van der Waals surface area contributed by atoms with Gasteiger partial charge in [0.15, 0.2) is 0 Å². The number of aliphatic carboxylic acids is 1. The van der Waals surface area contributed by atoms with Gasteiger partial charge < -0.3 is 10.4 Å². The van der Waals surface area contributed by atoms with E-state index in [0.29, 0.717) is 18.5 Å². The lowest BCUT2D eigenvalue weighted by Gasteiger charge is -2.12. The molecule has 100 valence electrons. The average molecular weight is 270 g/mol. The first kappa shape index (κ1) is 14.6. The molecule has 0 saturated heterocycles. The van der Waals surface area contributed by atoms with Crippen LogP contribution in [0.15, 0.2) is 5.38 Å². The lowest BCUT2D eigenvalue weighted by Crippen LogP contribution is -2.40. The van der Waals surface area contributed by atoms with Gasteiger partial charge >= 0.3 is 5.97 Å². The minimum atomic E-state index is -1.01. The monoisotopic (exact) mass is 270 g/mol. The van der Waals surface area contributed by atoms with E-state index in [-0.39, 0.29) is 5.92 Å². The fourth-order valence-electron chi connectivity index (χ4n) is 1.44. The second-order valence-electron chi connectivity index (χ2n) is 4.38. The van der Waals surface area contributed by atoms with Crippen LogP contribution in [-0.4, -0.2) is 28.0 Å². The normalized spacial score (nSPS) is 12.4. The van der Waals surface area contributed by atoms with Crippen molar-refractivity contribution in [3.8, 4) is 0 Å². The number of hydrogen-bond donors (Lipinski definition) is 2. The zero-order valence-electron chi connectivity index (χ0n) is 10.8. The molecule has 1 aromatic rings. The molecule has 6 heteroatoms. The molecule has 0 aliphatic heterocycles. The smallest absolute Gasteiger partial charge is 0.326 e. The van der Waals surface area contributed by atoms with E-state index >= 15 is 0 Å². The van der Waals surface area contributed by atoms with Crippen LogP contribution in [-0.2, 0) is 4.79 Å². The number of carboxylic acid groups (broad SMARTS) is 1. The zero-order chi connectivity index (χ0) is 13.7. The van der Waals surface area contributed by atoms with Gasteiger partial charge in [-0.05, 0) is 6.42 Å². The van der Waals surface area contributed by atoms with Crippen molar-refractivity contribution in [1.82, 2.24) is 10.3 Å². The Labute approximate surface area is 110 Å². The van der Waals surface area contributed by atoms with Gasteiger partial charge in [0.25, 0.3) is 5.91 Å². The number of carbonyl (C=O) groups is 2. The Balaban J connectivity index is 2.71. The number of thiazole rings is 1. The molecular formula is C12H18N2O3S. The van der Waals surface area contributed by atoms with Crippen molar-refractivity contribution in [2.24, 2.45) is 0 Å². The summed E-state index contributed by atoms with van der Waals surface area (Å²) in [6.07, 6.45) is 1.12. The van der Waals surface area contributed by atoms with Gasteiger partial charge in [-0.1, -0.05) is 27.2 Å². The van der Waals surface area contributed by atoms with Crippen LogP contribution in [0.4, 0.5) is 0 Å². The van der Waals surface area contributed by atoms with Gasteiger partial charge in [0, 0.05) is 11.3 Å². The van der Waals surface area contributed by atoms with E-state index < -0.39 is 17.9 Å². The highest BCUT2D eigenvalue weighted by molar-refractivity contribution is 7.09. The van der Waals surface area contributed by atoms with Crippen LogP contribution in [0.5, 0.6) is 0 Å². The summed E-state index contributed by atoms with van der Waals surface area (Å²) in [5.74, 6) is -1.16. The third kappa shape index (κ3) is 3.80. The van der Waals surface area contributed by atoms with E-state index in [1.54, 1.807) is 5.38 Å². The molecule has 2 N–H and O–H groups in total. The maximum absolute atomic E-state index is 11.8. The molecule has 0 spiro atoms. The Bertz CT molecular complexity index is 429. The number of amides is 1. The molecule has 0 saturated carbocycles. The third-order valence-electron chi connectivity index (χ3n) is 2.43. The number of carboxylic acids is 1. The van der Waals surface area contributed by atoms with E-state index in [0.717, 1.165) is 5.01 Å². The molecule has 1 aromatic heterocycles. The number of rotatable bonds is 6. The van der Waals surface area contributed by atoms with Gasteiger partial charge in [0.2, 0.25) is 0 Å². The van der Waals surface area contributed by atoms with E-state index in [2.05, 4.69) is 10.3 Å². The van der Waals surface area contributed by atoms with Crippen molar-refractivity contribution in [2.75, 3.05) is 0 Å². The Morgan fingerprint density at radius 1 is 1.50 bits per heavy atom. The minimum absolute atomic E-state index is 0.266. The molecule has 5 nitrogen and oxygen atoms in total. The second-order valence-corrected chi connectivity index (χ2v) is 5.27. The molecule has 0 aromatic carbocycles. The second kappa shape index (κ2) is 6.49. The van der Waals surface area contributed by atoms with Gasteiger partial charge in [-0.3, -0.25) is 4.79 Å². The first-order valence-electron chi connectivity index (χ1n) is 5.94. The maximum Gasteiger partial charge on any atom is 0.326 e. The van der Waals surface area contributed by atoms with Gasteiger partial charge in [-0.25, -0.2) is 9.78 Å². The van der Waals surface area contributed by atoms with Crippen molar-refractivity contribution >= 4 is 23.2 Å². The first-order chi connectivity index (χ1) is 8.45. The molecule has 0 radical (unpaired) electrons. The molecule has 0 bridgehead atoms. The number of aromatic nitrogens is 1. The Hall–Kier alpha value is -1.43. The van der Waals surface area contributed by atoms with E-state index in [1.807, 2.05) is 20.8 Å². The molecule has 1 rings (SSSR count). The van der Waals surface area contributed by atoms with Gasteiger partial charge in [-0.2, -0.15) is 0 Å². The molecule has 1 heterocycles. The number of nitrogens with zero attached hydrogens (tertiary/aromatic N) is 1. The fraction of sp³-hybridized carbons (Fsp3) is 0.583. The SMILES string of the molecule is CCCC(NC(=O)c1csc(C(C)C)n1)C(=O)O. The Kier molecular flexibility index (Phi) is 5.27. The summed E-state index contributed by atoms with van der Waals surface area (Å²) in [4.78, 5) is 27.0. The predicted octanol–water partition coefficient (Wildman–Crippen LogP) is 2.25. The van der Waals surface area contributed by atoms with Crippen LogP contribution in [0.2, 0.25) is 0 Å². The zero-order valence-corrected chi connectivity index (χ0v) is 11.6. The summed E-state index contributed by atoms with van der Waals surface area (Å²) < 4.78 is 0. The van der Waals surface area contributed by atoms with E-state index in [4.69, 9.17) is 5.11 Å². The lowest BCUT2D eigenvalue weighted by atomic mass is 10.1. The quantitative estimate of drug-likeness (QED) is 0.831. The molecule has 1 atom stereocenters. The van der Waals surface area contributed by atoms with Crippen LogP contribution in [0.1, 0.15) is 55.0 Å². The van der Waals surface area contributed by atoms with Crippen molar-refractivity contribution < 1.29 is 14.7 Å². The summed E-state index contributed by atoms with van der Waals surface area (Å²) in [6.45, 7) is 5.87. The standard InChI is InChI=1S/C12H18N2O3S/c1-4-5-8(12(16)17)13-10(15)9-6-18-11(14-9)7(2)3/h6-8H,4-5H2,1-3H3,(H,13,15)(H,16,17). The summed E-state index contributed by atoms with van der Waals surface area (Å²) in [6, 6.07) is -0.841. The molecule has 1 unspecified atom stereocenters. The molecule has 0 fully saturated rings. The molecule has 0 aliphatic carbocycles. The van der Waals surface area contributed by atoms with E-state index in [9.17, 15) is 9.59 Å². The molecular weight excluding hydrogens is 252 g/mol. The fourth-order valence-corrected chi connectivity index (χ4v) is 2.25. The van der Waals surface area contributed by atoms with Crippen LogP contribution in [0.3, 0.4) is 0 Å². The maximum atomic E-state index is 11.8. The first-order valence-corrected chi connectivity index (χ1v) is 6.82. The van der Waals surface area contributed by atoms with Crippen molar-refractivity contribution in [3.05, 3.63) is 16.1 Å². The average Bonchev–Trinajstić information content (AvgIpc) is 2.77. The number of nitrogens with one attached hydrogen (secondary N) is 1. The molecule has 0 aliphatic rings. The van der Waals surface area contributed by atoms with Crippen LogP contribution >= 0.6 is 11.3 Å². The van der Waals surface area contributed by atoms with Crippen molar-refractivity contribution in [1.29, 1.82) is 0 Å². The molecule has 1 amide bonds. The third-order valence-corrected chi connectivity index (χ3v) is 3.57. The van der Waals surface area contributed by atoms with Gasteiger partial charge in [0.1, 0.15) is 11.7 Å². The van der Waals surface area contributed by atoms with Gasteiger partial charge in [0.05, 0.1) is 5.01 Å². The van der Waals surface area contributed by atoms with Crippen molar-refractivity contribution in [2.45, 2.75) is 45.6 Å². The highest BCUT2D eigenvalue weighted by atomic mass is 32.1. The predicted molar refractivity (Wildman–Crippen MR) is 70.0 cm³/mol. The summed E-state index contributed by atoms with van der Waals surface area (Å²) >= 11 is 1.42. The highest BCUT2D eigenvalue weighted by Crippen LogP contribution is 2.19. The number of carbonyl (C=O) groups excluding carboxylic acids is 1. The van der Waals surface area contributed by atoms with Crippen LogP contribution in [0, 0.1) is 0 Å². The lowest BCUT2D eigenvalue weighted by molar-refractivity contribution is -0.139. The minimum Gasteiger partial charge on any atom is -0.480 e.